The summed E-state index contributed by atoms with van der Waals surface area (Å²) in [5.41, 5.74) is 4.01. The fourth-order valence-electron chi connectivity index (χ4n) is 10.5. The fourth-order valence-corrected chi connectivity index (χ4v) is 10.9. The molecule has 5 aromatic heterocycles. The van der Waals surface area contributed by atoms with Crippen LogP contribution >= 0.6 is 23.2 Å². The molecule has 1 aromatic carbocycles. The van der Waals surface area contributed by atoms with Crippen LogP contribution in [0.5, 0.6) is 0 Å². The number of pyridine rings is 1. The number of fused-ring (bicyclic) bond motifs is 8. The van der Waals surface area contributed by atoms with Crippen molar-refractivity contribution >= 4 is 69.5 Å². The lowest BCUT2D eigenvalue weighted by Gasteiger charge is -2.52. The first-order chi connectivity index (χ1) is 31.4. The Morgan fingerprint density at radius 3 is 1.50 bits per heavy atom. The SMILES string of the molecule is Cc1cc(C)n2ncc(C(=O)NC34CCC(C(=O)Nc5c(F)cc(F)cc5Cl)(CC3)CC4)c2n1.Cc1cc(C)n2ncc(C(=O)NC34CCC(C(=O)Nc5cnccc5Cl)(CC3)CC4)c2n1. The third-order valence-corrected chi connectivity index (χ3v) is 15.1. The molecule has 4 N–H and O–H groups in total. The Balaban J connectivity index is 0.000000166. The van der Waals surface area contributed by atoms with Crippen molar-refractivity contribution in [1.82, 2.24) is 44.8 Å². The highest BCUT2D eigenvalue weighted by Gasteiger charge is 2.54. The molecule has 4 amide bonds. The largest absolute Gasteiger partial charge is 0.346 e. The quantitative estimate of drug-likeness (QED) is 0.116. The molecular weight excluding hydrogens is 891 g/mol. The van der Waals surface area contributed by atoms with Crippen LogP contribution in [0, 0.1) is 50.2 Å². The van der Waals surface area contributed by atoms with E-state index in [-0.39, 0.29) is 39.9 Å². The average molecular weight is 941 g/mol. The second kappa shape index (κ2) is 17.0. The number of nitrogens with zero attached hydrogens (tertiary/aromatic N) is 7. The van der Waals surface area contributed by atoms with Crippen molar-refractivity contribution < 1.29 is 28.0 Å². The minimum atomic E-state index is -0.907. The summed E-state index contributed by atoms with van der Waals surface area (Å²) in [6.45, 7) is 7.64. The van der Waals surface area contributed by atoms with Crippen molar-refractivity contribution in [1.29, 1.82) is 0 Å². The van der Waals surface area contributed by atoms with Crippen LogP contribution < -0.4 is 21.3 Å². The molecule has 6 fully saturated rings. The third kappa shape index (κ3) is 8.24. The zero-order valence-corrected chi connectivity index (χ0v) is 38.5. The zero-order valence-electron chi connectivity index (χ0n) is 37.0. The molecule has 0 radical (unpaired) electrons. The van der Waals surface area contributed by atoms with E-state index in [4.69, 9.17) is 23.2 Å². The molecule has 0 saturated heterocycles. The lowest BCUT2D eigenvalue weighted by molar-refractivity contribution is -0.133. The normalized spacial score (nSPS) is 24.1. The van der Waals surface area contributed by atoms with Gasteiger partial charge in [-0.15, -0.1) is 0 Å². The molecule has 4 bridgehead atoms. The number of aromatic nitrogens is 7. The van der Waals surface area contributed by atoms with Crippen molar-refractivity contribution in [2.24, 2.45) is 10.8 Å². The summed E-state index contributed by atoms with van der Waals surface area (Å²) in [5.74, 6) is -2.43. The number of rotatable bonds is 8. The van der Waals surface area contributed by atoms with Gasteiger partial charge in [0.05, 0.1) is 40.0 Å². The standard InChI is InChI=1S/C24H24ClF2N5O2.C23H25ClN6O2/c1-13-9-14(2)32-20(29-13)16(12-28-32)21(33)31-24-6-3-23(4-7-24,5-8-24)22(34)30-19-17(25)10-15(26)11-18(19)27;1-14-11-15(2)30-19(27-14)16(12-26-30)20(31)29-23-7-4-22(5-8-23,6-9-23)21(32)28-18-13-25-10-3-17(18)24/h9-12H,3-8H2,1-2H3,(H,30,34)(H,31,33);3,10-13H,4-9H2,1-2H3,(H,28,32)(H,29,31). The number of nitrogens with one attached hydrogen (secondary N) is 4. The van der Waals surface area contributed by atoms with E-state index in [2.05, 4.69) is 46.4 Å². The van der Waals surface area contributed by atoms with Gasteiger partial charge in [-0.05, 0) is 129 Å². The summed E-state index contributed by atoms with van der Waals surface area (Å²) < 4.78 is 30.9. The Labute approximate surface area is 388 Å². The Kier molecular flexibility index (Phi) is 11.6. The van der Waals surface area contributed by atoms with Gasteiger partial charge in [-0.2, -0.15) is 10.2 Å². The zero-order chi connectivity index (χ0) is 46.8. The summed E-state index contributed by atoms with van der Waals surface area (Å²) in [5, 5.41) is 21.0. The number of carbonyl (C=O) groups is 4. The van der Waals surface area contributed by atoms with Gasteiger partial charge < -0.3 is 21.3 Å². The van der Waals surface area contributed by atoms with Crippen molar-refractivity contribution in [2.75, 3.05) is 10.6 Å². The molecule has 6 aliphatic rings. The number of hydrogen-bond acceptors (Lipinski definition) is 9. The van der Waals surface area contributed by atoms with Gasteiger partial charge in [0.1, 0.15) is 16.9 Å². The number of anilines is 2. The van der Waals surface area contributed by atoms with Crippen LogP contribution in [0.4, 0.5) is 20.2 Å². The number of aryl methyl sites for hydroxylation is 4. The minimum absolute atomic E-state index is 0.00944. The van der Waals surface area contributed by atoms with E-state index < -0.39 is 28.0 Å². The van der Waals surface area contributed by atoms with E-state index in [1.54, 1.807) is 33.7 Å². The number of halogens is 4. The smallest absolute Gasteiger partial charge is 0.257 e. The van der Waals surface area contributed by atoms with E-state index in [1.807, 2.05) is 39.8 Å². The summed E-state index contributed by atoms with van der Waals surface area (Å²) in [7, 11) is 0. The van der Waals surface area contributed by atoms with Crippen LogP contribution in [-0.2, 0) is 9.59 Å². The number of benzene rings is 1. The summed E-state index contributed by atoms with van der Waals surface area (Å²) >= 11 is 12.1. The first kappa shape index (κ1) is 45.1. The van der Waals surface area contributed by atoms with Gasteiger partial charge in [-0.3, -0.25) is 24.2 Å². The highest BCUT2D eigenvalue weighted by Crippen LogP contribution is 2.54. The number of carbonyl (C=O) groups excluding carboxylic acids is 4. The first-order valence-corrected chi connectivity index (χ1v) is 22.8. The number of hydrogen-bond donors (Lipinski definition) is 4. The van der Waals surface area contributed by atoms with Crippen LogP contribution in [0.15, 0.2) is 55.1 Å². The van der Waals surface area contributed by atoms with Crippen LogP contribution in [0.3, 0.4) is 0 Å². The van der Waals surface area contributed by atoms with Crippen LogP contribution in [0.25, 0.3) is 11.3 Å². The molecule has 0 aliphatic heterocycles. The third-order valence-electron chi connectivity index (χ3n) is 14.5. The van der Waals surface area contributed by atoms with Crippen molar-refractivity contribution in [2.45, 2.75) is 116 Å². The van der Waals surface area contributed by atoms with Gasteiger partial charge in [0.25, 0.3) is 11.8 Å². The van der Waals surface area contributed by atoms with E-state index in [0.717, 1.165) is 67.4 Å². The lowest BCUT2D eigenvalue weighted by atomic mass is 9.57. The van der Waals surface area contributed by atoms with Crippen molar-refractivity contribution in [3.8, 4) is 0 Å². The Morgan fingerprint density at radius 2 is 1.06 bits per heavy atom. The second-order valence-corrected chi connectivity index (χ2v) is 19.5. The maximum Gasteiger partial charge on any atom is 0.257 e. The van der Waals surface area contributed by atoms with Crippen LogP contribution in [-0.4, -0.2) is 68.9 Å². The highest BCUT2D eigenvalue weighted by molar-refractivity contribution is 6.34. The molecule has 344 valence electrons. The van der Waals surface area contributed by atoms with Gasteiger partial charge in [-0.1, -0.05) is 23.2 Å². The molecular formula is C47H49Cl2F2N11O4. The molecule has 66 heavy (non-hydrogen) atoms. The van der Waals surface area contributed by atoms with Gasteiger partial charge in [0, 0.05) is 56.9 Å². The first-order valence-electron chi connectivity index (χ1n) is 22.1. The molecule has 0 atom stereocenters. The van der Waals surface area contributed by atoms with Crippen molar-refractivity contribution in [3.05, 3.63) is 111 Å². The van der Waals surface area contributed by atoms with E-state index in [9.17, 15) is 28.0 Å². The van der Waals surface area contributed by atoms with Crippen LogP contribution in [0.2, 0.25) is 10.0 Å². The molecule has 6 aliphatic carbocycles. The Morgan fingerprint density at radius 1 is 0.606 bits per heavy atom. The van der Waals surface area contributed by atoms with Crippen molar-refractivity contribution in [3.63, 3.8) is 0 Å². The Bertz CT molecular complexity index is 2900. The predicted molar refractivity (Wildman–Crippen MR) is 243 cm³/mol. The summed E-state index contributed by atoms with van der Waals surface area (Å²) in [6.07, 6.45) is 14.2. The molecule has 6 aromatic rings. The molecule has 0 spiro atoms. The second-order valence-electron chi connectivity index (χ2n) is 18.7. The van der Waals surface area contributed by atoms with E-state index in [1.165, 1.54) is 6.20 Å². The van der Waals surface area contributed by atoms with Gasteiger partial charge in [0.2, 0.25) is 11.8 Å². The average Bonchev–Trinajstić information content (AvgIpc) is 3.92. The monoisotopic (exact) mass is 939 g/mol. The molecule has 5 heterocycles. The van der Waals surface area contributed by atoms with Gasteiger partial charge in [-0.25, -0.2) is 27.8 Å². The predicted octanol–water partition coefficient (Wildman–Crippen LogP) is 8.60. The molecule has 12 rings (SSSR count). The molecule has 0 unspecified atom stereocenters. The minimum Gasteiger partial charge on any atom is -0.346 e. The summed E-state index contributed by atoms with van der Waals surface area (Å²) in [4.78, 5) is 65.6. The Hall–Kier alpha value is -6.07. The van der Waals surface area contributed by atoms with Gasteiger partial charge in [0.15, 0.2) is 17.1 Å². The molecule has 19 heteroatoms. The maximum absolute atomic E-state index is 14.2. The topological polar surface area (TPSA) is 190 Å². The molecule has 15 nitrogen and oxygen atoms in total. The lowest BCUT2D eigenvalue weighted by Crippen LogP contribution is -2.59. The van der Waals surface area contributed by atoms with Crippen LogP contribution in [0.1, 0.15) is 121 Å². The maximum atomic E-state index is 14.2. The summed E-state index contributed by atoms with van der Waals surface area (Å²) in [6, 6.07) is 7.16. The van der Waals surface area contributed by atoms with E-state index >= 15 is 0 Å². The van der Waals surface area contributed by atoms with Gasteiger partial charge >= 0.3 is 0 Å². The number of amides is 4. The van der Waals surface area contributed by atoms with E-state index in [0.29, 0.717) is 77.7 Å². The molecule has 6 saturated carbocycles. The highest BCUT2D eigenvalue weighted by atomic mass is 35.5. The fraction of sp³-hybridized carbons (Fsp3) is 0.426.